The summed E-state index contributed by atoms with van der Waals surface area (Å²) in [4.78, 5) is 28.7. The van der Waals surface area contributed by atoms with Crippen LogP contribution < -0.4 is 10.6 Å². The Hall–Kier alpha value is -4.14. The van der Waals surface area contributed by atoms with Gasteiger partial charge in [-0.25, -0.2) is 14.4 Å². The highest BCUT2D eigenvalue weighted by atomic mass is 35.5. The van der Waals surface area contributed by atoms with Gasteiger partial charge in [-0.05, 0) is 48.5 Å². The fourth-order valence-corrected chi connectivity index (χ4v) is 4.92. The van der Waals surface area contributed by atoms with Gasteiger partial charge in [0.25, 0.3) is 5.91 Å². The average Bonchev–Trinajstić information content (AvgIpc) is 3.10. The highest BCUT2D eigenvalue weighted by molar-refractivity contribution is 6.31. The number of nitrogens with one attached hydrogen (secondary N) is 2. The Labute approximate surface area is 224 Å². The number of hydrogen-bond acceptors (Lipinski definition) is 6. The van der Waals surface area contributed by atoms with Crippen molar-refractivity contribution in [2.75, 3.05) is 31.5 Å². The summed E-state index contributed by atoms with van der Waals surface area (Å²) in [5.74, 6) is 0.0795. The number of piperazine rings is 1. The van der Waals surface area contributed by atoms with Crippen LogP contribution in [0.1, 0.15) is 27.0 Å². The maximum Gasteiger partial charge on any atom is 0.253 e. The molecule has 2 aliphatic heterocycles. The zero-order chi connectivity index (χ0) is 26.1. The van der Waals surface area contributed by atoms with E-state index in [1.807, 2.05) is 35.2 Å². The average molecular weight is 527 g/mol. The minimum atomic E-state index is -0.351. The van der Waals surface area contributed by atoms with Crippen LogP contribution in [-0.4, -0.2) is 52.7 Å². The van der Waals surface area contributed by atoms with Crippen molar-refractivity contribution in [3.05, 3.63) is 106 Å². The molecular weight excluding hydrogens is 503 g/mol. The van der Waals surface area contributed by atoms with E-state index in [9.17, 15) is 9.18 Å². The summed E-state index contributed by atoms with van der Waals surface area (Å²) in [7, 11) is 0. The molecule has 0 aliphatic carbocycles. The van der Waals surface area contributed by atoms with Gasteiger partial charge in [0.05, 0.1) is 18.0 Å². The lowest BCUT2D eigenvalue weighted by Gasteiger charge is -2.27. The Morgan fingerprint density at radius 2 is 1.76 bits per heavy atom. The molecule has 1 aromatic heterocycles. The molecule has 0 radical (unpaired) electrons. The van der Waals surface area contributed by atoms with Crippen LogP contribution >= 0.6 is 11.6 Å². The van der Waals surface area contributed by atoms with Gasteiger partial charge in [-0.15, -0.1) is 0 Å². The molecule has 6 rings (SSSR count). The number of carbonyl (C=O) groups is 1. The van der Waals surface area contributed by atoms with Crippen molar-refractivity contribution >= 4 is 34.9 Å². The normalized spacial score (nSPS) is 14.7. The van der Waals surface area contributed by atoms with Crippen LogP contribution in [0, 0.1) is 5.82 Å². The zero-order valence-electron chi connectivity index (χ0n) is 20.4. The SMILES string of the molecule is O=C(c1ccc(Nc2ncc3c(n2)-c2ccc(Cl)cc2C(c2ccccc2F)=NC3)cc1)N1CCNCC1. The molecule has 0 spiro atoms. The molecule has 7 nitrogen and oxygen atoms in total. The molecule has 1 fully saturated rings. The summed E-state index contributed by atoms with van der Waals surface area (Å²) >= 11 is 6.35. The first-order chi connectivity index (χ1) is 18.6. The Morgan fingerprint density at radius 3 is 2.55 bits per heavy atom. The topological polar surface area (TPSA) is 82.5 Å². The van der Waals surface area contributed by atoms with Gasteiger partial charge in [-0.2, -0.15) is 0 Å². The van der Waals surface area contributed by atoms with Crippen LogP contribution in [0.5, 0.6) is 0 Å². The molecule has 190 valence electrons. The summed E-state index contributed by atoms with van der Waals surface area (Å²) in [5.41, 5.74) is 5.37. The Morgan fingerprint density at radius 1 is 0.974 bits per heavy atom. The number of amides is 1. The van der Waals surface area contributed by atoms with E-state index in [0.29, 0.717) is 58.7 Å². The molecule has 0 saturated carbocycles. The molecule has 1 amide bonds. The number of aliphatic imine (C=N–C) groups is 1. The standard InChI is InChI=1S/C29H24ClFN6O/c30-20-7-10-22-24(15-20)27(23-3-1-2-4-25(23)31)33-16-19-17-34-29(36-26(19)22)35-21-8-5-18(6-9-21)28(38)37-13-11-32-12-14-37/h1-10,15,17,32H,11-14,16H2,(H,34,35,36). The molecule has 0 bridgehead atoms. The number of halogens is 2. The third-order valence-electron chi connectivity index (χ3n) is 6.69. The molecule has 2 N–H and O–H groups in total. The van der Waals surface area contributed by atoms with Crippen LogP contribution in [-0.2, 0) is 6.54 Å². The van der Waals surface area contributed by atoms with Crippen molar-refractivity contribution < 1.29 is 9.18 Å². The number of rotatable bonds is 4. The molecule has 2 aliphatic rings. The van der Waals surface area contributed by atoms with Gasteiger partial charge in [0.1, 0.15) is 5.82 Å². The number of aromatic nitrogens is 2. The number of fused-ring (bicyclic) bond motifs is 3. The molecule has 4 aromatic rings. The van der Waals surface area contributed by atoms with Gasteiger partial charge < -0.3 is 15.5 Å². The Kier molecular flexibility index (Phi) is 6.57. The summed E-state index contributed by atoms with van der Waals surface area (Å²) in [6.07, 6.45) is 1.74. The second-order valence-corrected chi connectivity index (χ2v) is 9.58. The first kappa shape index (κ1) is 24.2. The van der Waals surface area contributed by atoms with E-state index in [0.717, 1.165) is 29.9 Å². The predicted octanol–water partition coefficient (Wildman–Crippen LogP) is 5.08. The van der Waals surface area contributed by atoms with E-state index >= 15 is 0 Å². The lowest BCUT2D eigenvalue weighted by molar-refractivity contribution is 0.0736. The van der Waals surface area contributed by atoms with Crippen molar-refractivity contribution in [3.8, 4) is 11.3 Å². The second kappa shape index (κ2) is 10.3. The van der Waals surface area contributed by atoms with Gasteiger partial charge in [-0.1, -0.05) is 29.8 Å². The van der Waals surface area contributed by atoms with Crippen molar-refractivity contribution in [1.82, 2.24) is 20.2 Å². The van der Waals surface area contributed by atoms with Crippen LogP contribution in [0.3, 0.4) is 0 Å². The fourth-order valence-electron chi connectivity index (χ4n) is 4.74. The second-order valence-electron chi connectivity index (χ2n) is 9.15. The van der Waals surface area contributed by atoms with E-state index in [4.69, 9.17) is 21.6 Å². The lowest BCUT2D eigenvalue weighted by Crippen LogP contribution is -2.46. The number of carbonyl (C=O) groups excluding carboxylic acids is 1. The lowest BCUT2D eigenvalue weighted by atomic mass is 9.95. The Balaban J connectivity index is 1.30. The minimum absolute atomic E-state index is 0.0280. The van der Waals surface area contributed by atoms with Gasteiger partial charge in [0, 0.05) is 70.9 Å². The summed E-state index contributed by atoms with van der Waals surface area (Å²) in [6.45, 7) is 3.33. The predicted molar refractivity (Wildman–Crippen MR) is 147 cm³/mol. The van der Waals surface area contributed by atoms with E-state index in [1.165, 1.54) is 6.07 Å². The minimum Gasteiger partial charge on any atom is -0.336 e. The molecule has 0 unspecified atom stereocenters. The number of benzene rings is 3. The van der Waals surface area contributed by atoms with Crippen LogP contribution in [0.15, 0.2) is 77.9 Å². The number of nitrogens with zero attached hydrogens (tertiary/aromatic N) is 4. The van der Waals surface area contributed by atoms with Gasteiger partial charge >= 0.3 is 0 Å². The highest BCUT2D eigenvalue weighted by Gasteiger charge is 2.23. The van der Waals surface area contributed by atoms with E-state index < -0.39 is 0 Å². The largest absolute Gasteiger partial charge is 0.336 e. The highest BCUT2D eigenvalue weighted by Crippen LogP contribution is 2.34. The molecule has 1 saturated heterocycles. The smallest absolute Gasteiger partial charge is 0.253 e. The van der Waals surface area contributed by atoms with Crippen molar-refractivity contribution in [3.63, 3.8) is 0 Å². The third-order valence-corrected chi connectivity index (χ3v) is 6.92. The molecule has 3 heterocycles. The Bertz CT molecular complexity index is 1550. The summed E-state index contributed by atoms with van der Waals surface area (Å²) < 4.78 is 14.7. The van der Waals surface area contributed by atoms with Gasteiger partial charge in [0.15, 0.2) is 0 Å². The van der Waals surface area contributed by atoms with Crippen molar-refractivity contribution in [2.45, 2.75) is 6.54 Å². The van der Waals surface area contributed by atoms with E-state index in [-0.39, 0.29) is 11.7 Å². The maximum atomic E-state index is 14.7. The van der Waals surface area contributed by atoms with E-state index in [2.05, 4.69) is 15.6 Å². The molecule has 0 atom stereocenters. The summed E-state index contributed by atoms with van der Waals surface area (Å²) in [5, 5.41) is 7.02. The van der Waals surface area contributed by atoms with Gasteiger partial charge in [-0.3, -0.25) is 9.79 Å². The maximum absolute atomic E-state index is 14.7. The molecular formula is C29H24ClFN6O. The van der Waals surface area contributed by atoms with Crippen molar-refractivity contribution in [2.24, 2.45) is 4.99 Å². The van der Waals surface area contributed by atoms with E-state index in [1.54, 1.807) is 36.5 Å². The van der Waals surface area contributed by atoms with Crippen molar-refractivity contribution in [1.29, 1.82) is 0 Å². The van der Waals surface area contributed by atoms with Gasteiger partial charge in [0.2, 0.25) is 5.95 Å². The first-order valence-electron chi connectivity index (χ1n) is 12.4. The molecule has 3 aromatic carbocycles. The van der Waals surface area contributed by atoms with Crippen LogP contribution in [0.4, 0.5) is 16.0 Å². The molecule has 9 heteroatoms. The first-order valence-corrected chi connectivity index (χ1v) is 12.8. The third kappa shape index (κ3) is 4.76. The summed E-state index contributed by atoms with van der Waals surface area (Å²) in [6, 6.07) is 19.3. The fraction of sp³-hybridized carbons (Fsp3) is 0.172. The quantitative estimate of drug-likeness (QED) is 0.388. The number of anilines is 2. The van der Waals surface area contributed by atoms with Crippen LogP contribution in [0.2, 0.25) is 5.02 Å². The van der Waals surface area contributed by atoms with Crippen LogP contribution in [0.25, 0.3) is 11.3 Å². The number of hydrogen-bond donors (Lipinski definition) is 2. The monoisotopic (exact) mass is 526 g/mol. The zero-order valence-corrected chi connectivity index (χ0v) is 21.2. The molecule has 38 heavy (non-hydrogen) atoms.